The van der Waals surface area contributed by atoms with Gasteiger partial charge in [-0.15, -0.1) is 0 Å². The number of para-hydroxylation sites is 1. The lowest BCUT2D eigenvalue weighted by Gasteiger charge is -2.36. The molecule has 1 aromatic heterocycles. The number of alkyl halides is 1. The van der Waals surface area contributed by atoms with E-state index >= 15 is 4.39 Å². The van der Waals surface area contributed by atoms with Crippen molar-refractivity contribution in [2.24, 2.45) is 0 Å². The molecule has 0 saturated carbocycles. The summed E-state index contributed by atoms with van der Waals surface area (Å²) < 4.78 is 27.5. The average Bonchev–Trinajstić information content (AvgIpc) is 3.26. The smallest absolute Gasteiger partial charge is 0.410 e. The van der Waals surface area contributed by atoms with E-state index in [9.17, 15) is 19.2 Å². The van der Waals surface area contributed by atoms with Gasteiger partial charge in [-0.25, -0.2) is 14.0 Å². The van der Waals surface area contributed by atoms with Gasteiger partial charge in [0.05, 0.1) is 31.2 Å². The fourth-order valence-corrected chi connectivity index (χ4v) is 5.68. The van der Waals surface area contributed by atoms with Crippen LogP contribution >= 0.6 is 0 Å². The zero-order valence-corrected chi connectivity index (χ0v) is 23.7. The number of carbonyl (C=O) groups is 3. The summed E-state index contributed by atoms with van der Waals surface area (Å²) in [6, 6.07) is 11.4. The highest BCUT2D eigenvalue weighted by Crippen LogP contribution is 2.36. The summed E-state index contributed by atoms with van der Waals surface area (Å²) in [6.45, 7) is 5.56. The number of hydrogen-bond acceptors (Lipinski definition) is 6. The van der Waals surface area contributed by atoms with Crippen molar-refractivity contribution in [3.05, 3.63) is 64.1 Å². The second-order valence-electron chi connectivity index (χ2n) is 11.6. The lowest BCUT2D eigenvalue weighted by molar-refractivity contribution is -0.151. The van der Waals surface area contributed by atoms with Crippen LogP contribution in [0.2, 0.25) is 0 Å². The third kappa shape index (κ3) is 5.71. The van der Waals surface area contributed by atoms with Crippen LogP contribution in [0.1, 0.15) is 63.1 Å². The number of methoxy groups -OCH3 is 1. The van der Waals surface area contributed by atoms with E-state index in [1.807, 2.05) is 0 Å². The third-order valence-electron chi connectivity index (χ3n) is 7.67. The maximum Gasteiger partial charge on any atom is 0.410 e. The second-order valence-corrected chi connectivity index (χ2v) is 11.6. The summed E-state index contributed by atoms with van der Waals surface area (Å²) >= 11 is 0. The Morgan fingerprint density at radius 1 is 1.07 bits per heavy atom. The van der Waals surface area contributed by atoms with Crippen LogP contribution in [0.4, 0.5) is 9.18 Å². The highest BCUT2D eigenvalue weighted by Gasteiger charge is 2.39. The molecule has 2 aliphatic heterocycles. The highest BCUT2D eigenvalue weighted by molar-refractivity contribution is 6.00. The highest BCUT2D eigenvalue weighted by atomic mass is 19.1. The van der Waals surface area contributed by atoms with Crippen molar-refractivity contribution < 1.29 is 28.2 Å². The van der Waals surface area contributed by atoms with Crippen molar-refractivity contribution in [3.8, 4) is 5.75 Å². The number of piperidine rings is 2. The number of carbonyl (C=O) groups excluding carboxylic acids is 3. The Morgan fingerprint density at radius 3 is 2.46 bits per heavy atom. The topological polar surface area (TPSA) is 114 Å². The number of amides is 3. The predicted molar refractivity (Wildman–Crippen MR) is 149 cm³/mol. The number of imidazole rings is 1. The molecule has 3 aromatic rings. The number of likely N-dealkylation sites (tertiary alicyclic amines) is 2. The second kappa shape index (κ2) is 11.0. The van der Waals surface area contributed by atoms with E-state index in [0.29, 0.717) is 35.3 Å². The molecule has 0 bridgehead atoms. The quantitative estimate of drug-likeness (QED) is 0.461. The lowest BCUT2D eigenvalue weighted by Crippen LogP contribution is -2.46. The zero-order chi connectivity index (χ0) is 29.5. The number of nitrogens with one attached hydrogen (secondary N) is 1. The number of fused-ring (bicyclic) bond motifs is 1. The standard InChI is InChI=1S/C30H35FN4O6/c1-30(2,3)41-29(39)33-15-14-20(22(31)17-33)21-6-5-7-23-26(21)32-28(38)35(23)24-12-13-25(36)34(27(24)37)16-18-8-10-19(40-4)11-9-18/h5-11,20,22,24H,12-17H2,1-4H3,(H,32,38)/t20-,22+,24?/m0/s1. The number of rotatable bonds is 5. The first-order valence-electron chi connectivity index (χ1n) is 13.8. The van der Waals surface area contributed by atoms with E-state index in [1.165, 1.54) is 14.4 Å². The third-order valence-corrected chi connectivity index (χ3v) is 7.67. The molecule has 2 fully saturated rings. The largest absolute Gasteiger partial charge is 0.497 e. The number of H-pyrrole nitrogens is 1. The molecule has 3 heterocycles. The van der Waals surface area contributed by atoms with Gasteiger partial charge in [-0.1, -0.05) is 24.3 Å². The van der Waals surface area contributed by atoms with Crippen LogP contribution in [0.15, 0.2) is 47.3 Å². The van der Waals surface area contributed by atoms with Crippen molar-refractivity contribution in [2.75, 3.05) is 20.2 Å². The molecule has 10 nitrogen and oxygen atoms in total. The van der Waals surface area contributed by atoms with Crippen LogP contribution in [0.25, 0.3) is 11.0 Å². The van der Waals surface area contributed by atoms with Gasteiger partial charge in [0, 0.05) is 18.9 Å². The number of nitrogens with zero attached hydrogens (tertiary/aromatic N) is 3. The molecule has 11 heteroatoms. The lowest BCUT2D eigenvalue weighted by atomic mass is 9.87. The fraction of sp³-hybridized carbons (Fsp3) is 0.467. The number of ether oxygens (including phenoxy) is 2. The predicted octanol–water partition coefficient (Wildman–Crippen LogP) is 4.29. The number of halogens is 1. The molecule has 1 unspecified atom stereocenters. The van der Waals surface area contributed by atoms with Crippen molar-refractivity contribution in [1.29, 1.82) is 0 Å². The Balaban J connectivity index is 1.40. The molecule has 3 atom stereocenters. The van der Waals surface area contributed by atoms with Crippen molar-refractivity contribution in [3.63, 3.8) is 0 Å². The Bertz CT molecular complexity index is 1520. The van der Waals surface area contributed by atoms with E-state index < -0.39 is 41.4 Å². The van der Waals surface area contributed by atoms with Crippen LogP contribution in [0.5, 0.6) is 5.75 Å². The first kappa shape index (κ1) is 28.4. The maximum absolute atomic E-state index is 15.5. The Labute approximate surface area is 237 Å². The van der Waals surface area contributed by atoms with E-state index in [0.717, 1.165) is 5.56 Å². The van der Waals surface area contributed by atoms with Gasteiger partial charge in [-0.05, 0) is 62.9 Å². The number of aromatic amines is 1. The average molecular weight is 567 g/mol. The van der Waals surface area contributed by atoms with Crippen LogP contribution in [0.3, 0.4) is 0 Å². The molecule has 0 radical (unpaired) electrons. The molecular formula is C30H35FN4O6. The van der Waals surface area contributed by atoms with Gasteiger partial charge in [0.1, 0.15) is 23.6 Å². The summed E-state index contributed by atoms with van der Waals surface area (Å²) in [5, 5.41) is 0. The molecule has 5 rings (SSSR count). The Morgan fingerprint density at radius 2 is 1.80 bits per heavy atom. The van der Waals surface area contributed by atoms with Gasteiger partial charge in [0.15, 0.2) is 0 Å². The van der Waals surface area contributed by atoms with Crippen LogP contribution < -0.4 is 10.4 Å². The van der Waals surface area contributed by atoms with Crippen LogP contribution in [-0.4, -0.2) is 69.2 Å². The molecular weight excluding hydrogens is 531 g/mol. The number of hydrogen-bond donors (Lipinski definition) is 1. The van der Waals surface area contributed by atoms with Gasteiger partial charge in [-0.2, -0.15) is 0 Å². The molecule has 218 valence electrons. The molecule has 3 amide bonds. The first-order chi connectivity index (χ1) is 19.5. The molecule has 2 saturated heterocycles. The van der Waals surface area contributed by atoms with E-state index in [-0.39, 0.29) is 31.8 Å². The van der Waals surface area contributed by atoms with E-state index in [4.69, 9.17) is 9.47 Å². The van der Waals surface area contributed by atoms with Gasteiger partial charge in [0.25, 0.3) is 5.91 Å². The molecule has 2 aromatic carbocycles. The number of benzene rings is 2. The zero-order valence-electron chi connectivity index (χ0n) is 23.7. The van der Waals surface area contributed by atoms with Gasteiger partial charge in [-0.3, -0.25) is 19.1 Å². The SMILES string of the molecule is COc1ccc(CN2C(=O)CCC(n3c(=O)[nH]c4c([C@@H]5CCN(C(=O)OC(C)(C)C)C[C@H]5F)cccc43)C2=O)cc1. The Kier molecular flexibility index (Phi) is 7.63. The molecule has 0 spiro atoms. The minimum atomic E-state index is -1.37. The fourth-order valence-electron chi connectivity index (χ4n) is 5.68. The van der Waals surface area contributed by atoms with Crippen molar-refractivity contribution in [1.82, 2.24) is 19.4 Å². The van der Waals surface area contributed by atoms with Crippen molar-refractivity contribution in [2.45, 2.75) is 70.3 Å². The summed E-state index contributed by atoms with van der Waals surface area (Å²) in [5.74, 6) is -0.652. The normalized spacial score (nSPS) is 21.8. The van der Waals surface area contributed by atoms with E-state index in [2.05, 4.69) is 4.98 Å². The van der Waals surface area contributed by atoms with Gasteiger partial charge >= 0.3 is 11.8 Å². The monoisotopic (exact) mass is 566 g/mol. The van der Waals surface area contributed by atoms with Crippen LogP contribution in [0, 0.1) is 0 Å². The minimum absolute atomic E-state index is 0.0836. The maximum atomic E-state index is 15.5. The summed E-state index contributed by atoms with van der Waals surface area (Å²) in [6.07, 6.45) is -1.28. The molecule has 2 aliphatic rings. The Hall–Kier alpha value is -4.15. The molecule has 0 aliphatic carbocycles. The molecule has 1 N–H and O–H groups in total. The number of imide groups is 1. The number of aromatic nitrogens is 2. The first-order valence-corrected chi connectivity index (χ1v) is 13.8. The summed E-state index contributed by atoms with van der Waals surface area (Å²) in [5.41, 5.74) is 1.14. The van der Waals surface area contributed by atoms with Crippen molar-refractivity contribution >= 4 is 28.9 Å². The summed E-state index contributed by atoms with van der Waals surface area (Å²) in [4.78, 5) is 57.5. The van der Waals surface area contributed by atoms with Crippen LogP contribution in [-0.2, 0) is 20.9 Å². The molecule has 41 heavy (non-hydrogen) atoms. The van der Waals surface area contributed by atoms with Gasteiger partial charge < -0.3 is 19.4 Å². The van der Waals surface area contributed by atoms with E-state index in [1.54, 1.807) is 70.3 Å². The summed E-state index contributed by atoms with van der Waals surface area (Å²) in [7, 11) is 1.56. The minimum Gasteiger partial charge on any atom is -0.497 e. The van der Waals surface area contributed by atoms with Gasteiger partial charge in [0.2, 0.25) is 5.91 Å².